The van der Waals surface area contributed by atoms with Gasteiger partial charge < -0.3 is 20.4 Å². The zero-order chi connectivity index (χ0) is 15.2. The Kier molecular flexibility index (Phi) is 5.41. The molecule has 0 aliphatic carbocycles. The van der Waals surface area contributed by atoms with Gasteiger partial charge in [0.15, 0.2) is 5.84 Å². The second kappa shape index (κ2) is 7.28. The lowest BCUT2D eigenvalue weighted by Crippen LogP contribution is -2.28. The summed E-state index contributed by atoms with van der Waals surface area (Å²) < 4.78 is 10.9. The van der Waals surface area contributed by atoms with E-state index < -0.39 is 0 Å². The third-order valence-electron chi connectivity index (χ3n) is 3.64. The zero-order valence-electron chi connectivity index (χ0n) is 12.6. The van der Waals surface area contributed by atoms with Crippen LogP contribution in [0.2, 0.25) is 0 Å². The van der Waals surface area contributed by atoms with Crippen LogP contribution in [0.4, 0.5) is 0 Å². The highest BCUT2D eigenvalue weighted by Crippen LogP contribution is 2.21. The molecule has 0 spiro atoms. The molecule has 1 aliphatic rings. The van der Waals surface area contributed by atoms with E-state index in [1.54, 1.807) is 7.11 Å². The van der Waals surface area contributed by atoms with E-state index >= 15 is 0 Å². The minimum Gasteiger partial charge on any atom is -0.496 e. The molecule has 21 heavy (non-hydrogen) atoms. The van der Waals surface area contributed by atoms with Crippen LogP contribution in [0, 0.1) is 0 Å². The van der Waals surface area contributed by atoms with Crippen molar-refractivity contribution in [3.63, 3.8) is 0 Å². The number of hydrogen-bond donors (Lipinski definition) is 2. The quantitative estimate of drug-likeness (QED) is 0.359. The van der Waals surface area contributed by atoms with Crippen LogP contribution in [0.3, 0.4) is 0 Å². The molecule has 1 aliphatic heterocycles. The molecule has 1 heterocycles. The summed E-state index contributed by atoms with van der Waals surface area (Å²) in [6.07, 6.45) is 2.61. The number of methoxy groups -OCH3 is 1. The number of oxime groups is 1. The summed E-state index contributed by atoms with van der Waals surface area (Å²) in [5, 5.41) is 11.9. The average molecular weight is 293 g/mol. The summed E-state index contributed by atoms with van der Waals surface area (Å²) in [4.78, 5) is 2.22. The molecule has 1 aromatic carbocycles. The van der Waals surface area contributed by atoms with E-state index in [-0.39, 0.29) is 5.84 Å². The largest absolute Gasteiger partial charge is 0.496 e. The van der Waals surface area contributed by atoms with E-state index in [2.05, 4.69) is 17.1 Å². The molecular formula is C15H23N3O3. The van der Waals surface area contributed by atoms with Crippen LogP contribution in [-0.4, -0.2) is 49.4 Å². The Morgan fingerprint density at radius 2 is 2.38 bits per heavy atom. The predicted octanol–water partition coefficient (Wildman–Crippen LogP) is 1.40. The molecule has 1 saturated heterocycles. The summed E-state index contributed by atoms with van der Waals surface area (Å²) in [5.74, 6) is 0.645. The van der Waals surface area contributed by atoms with Crippen molar-refractivity contribution >= 4 is 5.84 Å². The zero-order valence-corrected chi connectivity index (χ0v) is 12.6. The first-order chi connectivity index (χ1) is 10.1. The minimum atomic E-state index is 0.0514. The molecule has 0 amide bonds. The highest BCUT2D eigenvalue weighted by atomic mass is 16.5. The Bertz CT molecular complexity index is 499. The first-order valence-corrected chi connectivity index (χ1v) is 7.09. The molecule has 0 radical (unpaired) electrons. The second-order valence-electron chi connectivity index (χ2n) is 5.35. The van der Waals surface area contributed by atoms with Crippen LogP contribution < -0.4 is 10.5 Å². The van der Waals surface area contributed by atoms with Crippen molar-refractivity contribution in [1.82, 2.24) is 4.90 Å². The fourth-order valence-corrected chi connectivity index (χ4v) is 2.62. The van der Waals surface area contributed by atoms with Crippen LogP contribution in [0.15, 0.2) is 23.4 Å². The Hall–Kier alpha value is -1.79. The monoisotopic (exact) mass is 293 g/mol. The molecule has 116 valence electrons. The van der Waals surface area contributed by atoms with Gasteiger partial charge in [0.05, 0.1) is 18.8 Å². The van der Waals surface area contributed by atoms with E-state index in [9.17, 15) is 0 Å². The fourth-order valence-electron chi connectivity index (χ4n) is 2.62. The van der Waals surface area contributed by atoms with Gasteiger partial charge in [-0.1, -0.05) is 11.2 Å². The SMILES string of the molecule is COc1ccc(CN(C)CC2CCCO2)cc1C(N)=NO. The average Bonchev–Trinajstić information content (AvgIpc) is 2.99. The Balaban J connectivity index is 2.05. The number of hydrogen-bond acceptors (Lipinski definition) is 5. The fraction of sp³-hybridized carbons (Fsp3) is 0.533. The maximum absolute atomic E-state index is 8.85. The molecule has 1 fully saturated rings. The van der Waals surface area contributed by atoms with Gasteiger partial charge >= 0.3 is 0 Å². The topological polar surface area (TPSA) is 80.3 Å². The molecule has 0 bridgehead atoms. The van der Waals surface area contributed by atoms with Crippen LogP contribution in [0.5, 0.6) is 5.75 Å². The van der Waals surface area contributed by atoms with Crippen molar-refractivity contribution in [3.8, 4) is 5.75 Å². The van der Waals surface area contributed by atoms with E-state index in [0.29, 0.717) is 17.4 Å². The van der Waals surface area contributed by atoms with E-state index in [0.717, 1.165) is 38.1 Å². The molecule has 2 rings (SSSR count). The van der Waals surface area contributed by atoms with E-state index in [1.165, 1.54) is 0 Å². The van der Waals surface area contributed by atoms with Crippen LogP contribution in [0.25, 0.3) is 0 Å². The van der Waals surface area contributed by atoms with Gasteiger partial charge in [-0.25, -0.2) is 0 Å². The normalized spacial score (nSPS) is 19.2. The molecule has 0 saturated carbocycles. The predicted molar refractivity (Wildman–Crippen MR) is 80.8 cm³/mol. The molecular weight excluding hydrogens is 270 g/mol. The number of ether oxygens (including phenoxy) is 2. The molecule has 1 atom stereocenters. The molecule has 1 aromatic rings. The molecule has 0 aromatic heterocycles. The number of nitrogens with zero attached hydrogens (tertiary/aromatic N) is 2. The lowest BCUT2D eigenvalue weighted by Gasteiger charge is -2.21. The summed E-state index contributed by atoms with van der Waals surface area (Å²) >= 11 is 0. The molecule has 6 heteroatoms. The van der Waals surface area contributed by atoms with Gasteiger partial charge in [0, 0.05) is 19.7 Å². The van der Waals surface area contributed by atoms with Gasteiger partial charge in [0.25, 0.3) is 0 Å². The van der Waals surface area contributed by atoms with Crippen molar-refractivity contribution in [3.05, 3.63) is 29.3 Å². The lowest BCUT2D eigenvalue weighted by molar-refractivity contribution is 0.0793. The first-order valence-electron chi connectivity index (χ1n) is 7.09. The summed E-state index contributed by atoms with van der Waals surface area (Å²) in [5.41, 5.74) is 7.37. The standard InChI is InChI=1S/C15H23N3O3/c1-18(10-12-4-3-7-21-12)9-11-5-6-14(20-2)13(8-11)15(16)17-19/h5-6,8,12,19H,3-4,7,9-10H2,1-2H3,(H2,16,17). The third kappa shape index (κ3) is 4.09. The summed E-state index contributed by atoms with van der Waals surface area (Å²) in [7, 11) is 3.63. The lowest BCUT2D eigenvalue weighted by atomic mass is 10.1. The number of likely N-dealkylation sites (N-methyl/N-ethyl adjacent to an activating group) is 1. The minimum absolute atomic E-state index is 0.0514. The van der Waals surface area contributed by atoms with Crippen molar-refractivity contribution in [1.29, 1.82) is 0 Å². The number of nitrogens with two attached hydrogens (primary N) is 1. The Morgan fingerprint density at radius 3 is 3.00 bits per heavy atom. The third-order valence-corrected chi connectivity index (χ3v) is 3.64. The van der Waals surface area contributed by atoms with Gasteiger partial charge in [0.2, 0.25) is 0 Å². The van der Waals surface area contributed by atoms with Gasteiger partial charge in [-0.3, -0.25) is 4.90 Å². The number of amidine groups is 1. The molecule has 1 unspecified atom stereocenters. The van der Waals surface area contributed by atoms with E-state index in [4.69, 9.17) is 20.4 Å². The van der Waals surface area contributed by atoms with Gasteiger partial charge in [-0.15, -0.1) is 0 Å². The highest BCUT2D eigenvalue weighted by molar-refractivity contribution is 5.99. The van der Waals surface area contributed by atoms with Crippen LogP contribution in [-0.2, 0) is 11.3 Å². The molecule has 3 N–H and O–H groups in total. The maximum Gasteiger partial charge on any atom is 0.173 e. The summed E-state index contributed by atoms with van der Waals surface area (Å²) in [6, 6.07) is 5.71. The number of rotatable bonds is 6. The summed E-state index contributed by atoms with van der Waals surface area (Å²) in [6.45, 7) is 2.55. The highest BCUT2D eigenvalue weighted by Gasteiger charge is 2.18. The van der Waals surface area contributed by atoms with Crippen molar-refractivity contribution < 1.29 is 14.7 Å². The van der Waals surface area contributed by atoms with Crippen molar-refractivity contribution in [2.75, 3.05) is 27.3 Å². The second-order valence-corrected chi connectivity index (χ2v) is 5.35. The van der Waals surface area contributed by atoms with Crippen LogP contribution >= 0.6 is 0 Å². The Morgan fingerprint density at radius 1 is 1.57 bits per heavy atom. The maximum atomic E-state index is 8.85. The molecule has 6 nitrogen and oxygen atoms in total. The van der Waals surface area contributed by atoms with Crippen LogP contribution in [0.1, 0.15) is 24.0 Å². The van der Waals surface area contributed by atoms with Gasteiger partial charge in [0.1, 0.15) is 5.75 Å². The smallest absolute Gasteiger partial charge is 0.173 e. The van der Waals surface area contributed by atoms with Crippen molar-refractivity contribution in [2.45, 2.75) is 25.5 Å². The van der Waals surface area contributed by atoms with Crippen molar-refractivity contribution in [2.24, 2.45) is 10.9 Å². The number of benzene rings is 1. The Labute approximate surface area is 125 Å². The van der Waals surface area contributed by atoms with Gasteiger partial charge in [-0.05, 0) is 37.6 Å². The first kappa shape index (κ1) is 15.6. The van der Waals surface area contributed by atoms with Gasteiger partial charge in [-0.2, -0.15) is 0 Å². The van der Waals surface area contributed by atoms with E-state index in [1.807, 2.05) is 18.2 Å².